The molecule has 2 amide bonds. The molecule has 1 heterocycles. The van der Waals surface area contributed by atoms with E-state index in [9.17, 15) is 19.5 Å². The van der Waals surface area contributed by atoms with Crippen LogP contribution in [0.3, 0.4) is 0 Å². The highest BCUT2D eigenvalue weighted by Gasteiger charge is 2.36. The van der Waals surface area contributed by atoms with Gasteiger partial charge in [0.05, 0.1) is 18.7 Å². The number of carbonyl (C=O) groups excluding carboxylic acids is 3. The summed E-state index contributed by atoms with van der Waals surface area (Å²) >= 11 is 6.21. The molecule has 7 nitrogen and oxygen atoms in total. The molecular weight excluding hydrogens is 348 g/mol. The minimum absolute atomic E-state index is 0.140. The quantitative estimate of drug-likeness (QED) is 0.768. The number of urea groups is 1. The molecule has 1 N–H and O–H groups in total. The Labute approximate surface area is 150 Å². The van der Waals surface area contributed by atoms with Crippen molar-refractivity contribution in [1.29, 1.82) is 0 Å². The van der Waals surface area contributed by atoms with E-state index in [2.05, 4.69) is 5.32 Å². The van der Waals surface area contributed by atoms with Crippen molar-refractivity contribution in [3.05, 3.63) is 46.1 Å². The average Bonchev–Trinajstić information content (AvgIpc) is 2.57. The van der Waals surface area contributed by atoms with Crippen LogP contribution in [0.4, 0.5) is 4.79 Å². The number of methoxy groups -OCH3 is 1. The third kappa shape index (κ3) is 4.11. The predicted octanol–water partition coefficient (Wildman–Crippen LogP) is 1.38. The molecule has 1 aromatic carbocycles. The number of amides is 2. The maximum atomic E-state index is 12.5. The van der Waals surface area contributed by atoms with E-state index in [1.807, 2.05) is 0 Å². The summed E-state index contributed by atoms with van der Waals surface area (Å²) in [5.74, 6) is -1.78. The smallest absolute Gasteiger partial charge is 0.337 e. The zero-order chi connectivity index (χ0) is 18.6. The highest BCUT2D eigenvalue weighted by Crippen LogP contribution is 2.34. The number of carboxylic acids is 1. The second-order valence-corrected chi connectivity index (χ2v) is 5.93. The Morgan fingerprint density at radius 2 is 2.04 bits per heavy atom. The second kappa shape index (κ2) is 8.02. The minimum Gasteiger partial charge on any atom is -0.550 e. The van der Waals surface area contributed by atoms with Gasteiger partial charge in [-0.05, 0) is 31.4 Å². The first kappa shape index (κ1) is 18.8. The number of allylic oxidation sites excluding steroid dienone is 1. The van der Waals surface area contributed by atoms with Gasteiger partial charge < -0.3 is 20.0 Å². The number of ether oxygens (including phenoxy) is 1. The van der Waals surface area contributed by atoms with E-state index >= 15 is 0 Å². The van der Waals surface area contributed by atoms with E-state index in [1.165, 1.54) is 12.0 Å². The van der Waals surface area contributed by atoms with Gasteiger partial charge in [0.15, 0.2) is 0 Å². The number of esters is 1. The van der Waals surface area contributed by atoms with Crippen molar-refractivity contribution >= 4 is 29.6 Å². The number of halogens is 1. The van der Waals surface area contributed by atoms with Gasteiger partial charge in [-0.2, -0.15) is 0 Å². The molecule has 0 aromatic heterocycles. The van der Waals surface area contributed by atoms with E-state index < -0.39 is 24.0 Å². The Bertz CT molecular complexity index is 732. The molecule has 0 saturated heterocycles. The molecule has 1 atom stereocenters. The molecule has 2 rings (SSSR count). The Balaban J connectivity index is 2.41. The SMILES string of the molecule is COC(=O)C1=C(C)N(CCCC(=O)[O-])C(=O)N[C@H]1c1ccccc1Cl. The molecule has 0 saturated carbocycles. The molecule has 0 bridgehead atoms. The molecule has 1 aliphatic heterocycles. The zero-order valence-corrected chi connectivity index (χ0v) is 14.6. The van der Waals surface area contributed by atoms with Gasteiger partial charge in [0, 0.05) is 23.2 Å². The molecule has 134 valence electrons. The van der Waals surface area contributed by atoms with Gasteiger partial charge >= 0.3 is 12.0 Å². The van der Waals surface area contributed by atoms with Gasteiger partial charge in [-0.15, -0.1) is 0 Å². The number of nitrogens with one attached hydrogen (secondary N) is 1. The van der Waals surface area contributed by atoms with Crippen LogP contribution in [0.1, 0.15) is 31.4 Å². The van der Waals surface area contributed by atoms with Crippen LogP contribution in [0.5, 0.6) is 0 Å². The number of carboxylic acid groups (broad SMARTS) is 1. The largest absolute Gasteiger partial charge is 0.550 e. The molecule has 25 heavy (non-hydrogen) atoms. The van der Waals surface area contributed by atoms with Crippen molar-refractivity contribution in [2.45, 2.75) is 25.8 Å². The number of hydrogen-bond donors (Lipinski definition) is 1. The summed E-state index contributed by atoms with van der Waals surface area (Å²) in [4.78, 5) is 36.6. The van der Waals surface area contributed by atoms with Crippen LogP contribution >= 0.6 is 11.6 Å². The third-order valence-corrected chi connectivity index (χ3v) is 4.32. The van der Waals surface area contributed by atoms with Crippen molar-refractivity contribution in [1.82, 2.24) is 10.2 Å². The summed E-state index contributed by atoms with van der Waals surface area (Å²) in [5, 5.41) is 13.7. The van der Waals surface area contributed by atoms with Crippen molar-refractivity contribution in [2.75, 3.05) is 13.7 Å². The van der Waals surface area contributed by atoms with Gasteiger partial charge in [0.2, 0.25) is 0 Å². The number of carbonyl (C=O) groups is 3. The predicted molar refractivity (Wildman–Crippen MR) is 88.4 cm³/mol. The summed E-state index contributed by atoms with van der Waals surface area (Å²) < 4.78 is 4.86. The van der Waals surface area contributed by atoms with E-state index in [0.717, 1.165) is 0 Å². The van der Waals surface area contributed by atoms with Crippen molar-refractivity contribution in [3.8, 4) is 0 Å². The van der Waals surface area contributed by atoms with Crippen LogP contribution < -0.4 is 10.4 Å². The van der Waals surface area contributed by atoms with E-state index in [4.69, 9.17) is 16.3 Å². The monoisotopic (exact) mass is 365 g/mol. The Morgan fingerprint density at radius 1 is 1.36 bits per heavy atom. The van der Waals surface area contributed by atoms with Crippen LogP contribution in [-0.2, 0) is 14.3 Å². The van der Waals surface area contributed by atoms with Gasteiger partial charge in [0.25, 0.3) is 0 Å². The lowest BCUT2D eigenvalue weighted by molar-refractivity contribution is -0.305. The second-order valence-electron chi connectivity index (χ2n) is 5.52. The maximum absolute atomic E-state index is 12.5. The van der Waals surface area contributed by atoms with Gasteiger partial charge in [-0.1, -0.05) is 29.8 Å². The van der Waals surface area contributed by atoms with Crippen molar-refractivity contribution < 1.29 is 24.2 Å². The molecule has 1 aliphatic rings. The molecule has 1 aromatic rings. The fourth-order valence-electron chi connectivity index (χ4n) is 2.75. The summed E-state index contributed by atoms with van der Waals surface area (Å²) in [6, 6.07) is 5.70. The first-order valence-corrected chi connectivity index (χ1v) is 8.06. The summed E-state index contributed by atoms with van der Waals surface area (Å²) in [6.07, 6.45) is 0.0247. The molecule has 8 heteroatoms. The number of aliphatic carboxylic acids is 1. The Morgan fingerprint density at radius 3 is 2.64 bits per heavy atom. The topological polar surface area (TPSA) is 98.8 Å². The van der Waals surface area contributed by atoms with E-state index in [-0.39, 0.29) is 25.0 Å². The lowest BCUT2D eigenvalue weighted by Crippen LogP contribution is -2.48. The van der Waals surface area contributed by atoms with Crippen LogP contribution in [0.25, 0.3) is 0 Å². The fraction of sp³-hybridized carbons (Fsp3) is 0.353. The normalized spacial score (nSPS) is 17.3. The zero-order valence-electron chi connectivity index (χ0n) is 13.9. The molecule has 0 unspecified atom stereocenters. The molecule has 0 radical (unpaired) electrons. The molecule has 0 fully saturated rings. The number of benzene rings is 1. The number of rotatable bonds is 6. The molecular formula is C17H18ClN2O5-. The van der Waals surface area contributed by atoms with Crippen LogP contribution in [0, 0.1) is 0 Å². The first-order valence-electron chi connectivity index (χ1n) is 7.68. The minimum atomic E-state index is -1.19. The lowest BCUT2D eigenvalue weighted by Gasteiger charge is -2.35. The standard InChI is InChI=1S/C17H19ClN2O5/c1-10-14(16(23)25-2)15(11-6-3-4-7-12(11)18)19-17(24)20(10)9-5-8-13(21)22/h3-4,6-7,15H,5,8-9H2,1-2H3,(H,19,24)(H,21,22)/p-1/t15-/m0/s1. The molecule has 0 spiro atoms. The van der Waals surface area contributed by atoms with Gasteiger partial charge in [0.1, 0.15) is 0 Å². The molecule has 0 aliphatic carbocycles. The van der Waals surface area contributed by atoms with Gasteiger partial charge in [-0.25, -0.2) is 9.59 Å². The Kier molecular flexibility index (Phi) is 6.03. The highest BCUT2D eigenvalue weighted by molar-refractivity contribution is 6.31. The number of hydrogen-bond acceptors (Lipinski definition) is 5. The van der Waals surface area contributed by atoms with Gasteiger partial charge in [-0.3, -0.25) is 4.90 Å². The Hall–Kier alpha value is -2.54. The average molecular weight is 366 g/mol. The number of nitrogens with zero attached hydrogens (tertiary/aromatic N) is 1. The summed E-state index contributed by atoms with van der Waals surface area (Å²) in [6.45, 7) is 1.76. The maximum Gasteiger partial charge on any atom is 0.337 e. The summed E-state index contributed by atoms with van der Waals surface area (Å²) in [7, 11) is 1.25. The lowest BCUT2D eigenvalue weighted by atomic mass is 9.94. The van der Waals surface area contributed by atoms with Crippen LogP contribution in [0.2, 0.25) is 5.02 Å². The fourth-order valence-corrected chi connectivity index (χ4v) is 2.99. The van der Waals surface area contributed by atoms with Crippen LogP contribution in [-0.4, -0.2) is 36.5 Å². The first-order chi connectivity index (χ1) is 11.9. The highest BCUT2D eigenvalue weighted by atomic mass is 35.5. The van der Waals surface area contributed by atoms with E-state index in [1.54, 1.807) is 31.2 Å². The van der Waals surface area contributed by atoms with E-state index in [0.29, 0.717) is 16.3 Å². The van der Waals surface area contributed by atoms with Crippen molar-refractivity contribution in [2.24, 2.45) is 0 Å². The summed E-state index contributed by atoms with van der Waals surface area (Å²) in [5.41, 5.74) is 1.23. The third-order valence-electron chi connectivity index (χ3n) is 3.98. The van der Waals surface area contributed by atoms with Crippen LogP contribution in [0.15, 0.2) is 35.5 Å². The van der Waals surface area contributed by atoms with Crippen molar-refractivity contribution in [3.63, 3.8) is 0 Å².